The predicted octanol–water partition coefficient (Wildman–Crippen LogP) is 1.38. The van der Waals surface area contributed by atoms with Gasteiger partial charge >= 0.3 is 13.6 Å². The molecule has 3 aromatic rings. The first-order valence-electron chi connectivity index (χ1n) is 12.3. The van der Waals surface area contributed by atoms with Crippen molar-refractivity contribution in [3.8, 4) is 0 Å². The van der Waals surface area contributed by atoms with Crippen molar-refractivity contribution in [3.63, 3.8) is 0 Å². The SMILES string of the molecule is CCNC(=O)Nc1ncnc2c1ncn2[C@@H]1O[C@H](COP(=O)(O)CCN)C2OC(Cc3ccccc3)O[C@@H]21. The Hall–Kier alpha value is -2.97. The summed E-state index contributed by atoms with van der Waals surface area (Å²) in [6, 6.07) is 9.35. The standard InChI is InChI=1S/C23H30N7O7P/c1-2-25-23(31)29-20-17-21(27-12-26-20)30(13-28-17)22-19-18(15(35-22)11-34-38(32,33)9-8-24)36-16(37-19)10-14-6-4-3-5-7-14/h3-7,12-13,15-16,18-19,22H,2,8-11,24H2,1H3,(H,32,33)(H2,25,26,27,29,31)/t15-,16?,18?,19+,22-/m1/s1. The van der Waals surface area contributed by atoms with Crippen LogP contribution in [-0.4, -0.2) is 80.9 Å². The highest BCUT2D eigenvalue weighted by atomic mass is 31.2. The van der Waals surface area contributed by atoms with Gasteiger partial charge in [-0.15, -0.1) is 0 Å². The molecule has 0 saturated carbocycles. The van der Waals surface area contributed by atoms with Crippen molar-refractivity contribution in [2.75, 3.05) is 31.2 Å². The highest BCUT2D eigenvalue weighted by Crippen LogP contribution is 2.45. The Balaban J connectivity index is 1.40. The number of aromatic nitrogens is 4. The van der Waals surface area contributed by atoms with Crippen LogP contribution in [0.15, 0.2) is 43.0 Å². The average molecular weight is 548 g/mol. The smallest absolute Gasteiger partial charge is 0.329 e. The predicted molar refractivity (Wildman–Crippen MR) is 135 cm³/mol. The summed E-state index contributed by atoms with van der Waals surface area (Å²) in [7, 11) is -3.88. The Morgan fingerprint density at radius 3 is 2.74 bits per heavy atom. The van der Waals surface area contributed by atoms with Gasteiger partial charge in [-0.1, -0.05) is 30.3 Å². The Morgan fingerprint density at radius 1 is 1.18 bits per heavy atom. The summed E-state index contributed by atoms with van der Waals surface area (Å²) in [5, 5.41) is 5.31. The molecule has 0 bridgehead atoms. The fourth-order valence-corrected chi connectivity index (χ4v) is 5.36. The summed E-state index contributed by atoms with van der Waals surface area (Å²) in [4.78, 5) is 35.0. The minimum absolute atomic E-state index is 0.0140. The quantitative estimate of drug-likeness (QED) is 0.269. The molecule has 15 heteroatoms. The first-order chi connectivity index (χ1) is 18.4. The number of carbonyl (C=O) groups is 1. The van der Waals surface area contributed by atoms with Gasteiger partial charge in [0.05, 0.1) is 19.1 Å². The number of urea groups is 1. The van der Waals surface area contributed by atoms with Gasteiger partial charge in [0.15, 0.2) is 29.5 Å². The molecule has 38 heavy (non-hydrogen) atoms. The van der Waals surface area contributed by atoms with E-state index in [0.717, 1.165) is 5.56 Å². The Labute approximate surface area is 218 Å². The van der Waals surface area contributed by atoms with Gasteiger partial charge in [0.1, 0.15) is 24.6 Å². The van der Waals surface area contributed by atoms with E-state index in [1.807, 2.05) is 30.3 Å². The zero-order valence-corrected chi connectivity index (χ0v) is 21.6. The molecule has 6 atom stereocenters. The molecule has 14 nitrogen and oxygen atoms in total. The summed E-state index contributed by atoms with van der Waals surface area (Å²) in [6.45, 7) is 2.07. The molecule has 4 heterocycles. The van der Waals surface area contributed by atoms with Crippen LogP contribution in [0.1, 0.15) is 18.7 Å². The summed E-state index contributed by atoms with van der Waals surface area (Å²) in [5.74, 6) is 0.239. The van der Waals surface area contributed by atoms with Crippen LogP contribution < -0.4 is 16.4 Å². The molecule has 5 rings (SSSR count). The maximum absolute atomic E-state index is 12.3. The lowest BCUT2D eigenvalue weighted by atomic mass is 10.1. The molecule has 2 amide bonds. The Morgan fingerprint density at radius 2 is 1.97 bits per heavy atom. The maximum atomic E-state index is 12.3. The van der Waals surface area contributed by atoms with E-state index in [0.29, 0.717) is 24.1 Å². The van der Waals surface area contributed by atoms with E-state index in [9.17, 15) is 14.3 Å². The fourth-order valence-electron chi connectivity index (χ4n) is 4.52. The number of nitrogens with one attached hydrogen (secondary N) is 2. The van der Waals surface area contributed by atoms with E-state index in [1.54, 1.807) is 11.5 Å². The molecule has 2 fully saturated rings. The van der Waals surface area contributed by atoms with E-state index in [4.69, 9.17) is 24.5 Å². The number of hydrogen-bond acceptors (Lipinski definition) is 10. The van der Waals surface area contributed by atoms with Crippen molar-refractivity contribution in [2.24, 2.45) is 5.73 Å². The van der Waals surface area contributed by atoms with Gasteiger partial charge in [-0.3, -0.25) is 14.4 Å². The summed E-state index contributed by atoms with van der Waals surface area (Å²) < 4.78 is 38.0. The normalized spacial score (nSPS) is 26.2. The second-order valence-corrected chi connectivity index (χ2v) is 10.8. The molecule has 0 spiro atoms. The van der Waals surface area contributed by atoms with Crippen LogP contribution in [0.3, 0.4) is 0 Å². The van der Waals surface area contributed by atoms with Crippen molar-refractivity contribution < 1.29 is 33.0 Å². The number of hydrogen-bond donors (Lipinski definition) is 4. The number of amides is 2. The fraction of sp³-hybridized carbons (Fsp3) is 0.478. The largest absolute Gasteiger partial charge is 0.347 e. The topological polar surface area (TPSA) is 185 Å². The molecule has 2 aromatic heterocycles. The van der Waals surface area contributed by atoms with Crippen LogP contribution in [0.25, 0.3) is 11.2 Å². The minimum atomic E-state index is -3.88. The monoisotopic (exact) mass is 547 g/mol. The van der Waals surface area contributed by atoms with Gasteiger partial charge in [-0.2, -0.15) is 0 Å². The lowest BCUT2D eigenvalue weighted by Crippen LogP contribution is -2.32. The summed E-state index contributed by atoms with van der Waals surface area (Å²) in [6.07, 6.45) is -0.0132. The number of carbonyl (C=O) groups excluding carboxylic acids is 1. The van der Waals surface area contributed by atoms with Crippen LogP contribution in [0.2, 0.25) is 0 Å². The summed E-state index contributed by atoms with van der Waals surface area (Å²) in [5.41, 5.74) is 7.24. The van der Waals surface area contributed by atoms with Crippen LogP contribution in [0, 0.1) is 0 Å². The number of anilines is 1. The number of imidazole rings is 1. The number of rotatable bonds is 10. The Kier molecular flexibility index (Phi) is 8.00. The molecule has 1 aromatic carbocycles. The van der Waals surface area contributed by atoms with Gasteiger partial charge in [0.2, 0.25) is 0 Å². The van der Waals surface area contributed by atoms with Gasteiger partial charge in [0, 0.05) is 19.5 Å². The van der Waals surface area contributed by atoms with E-state index in [1.165, 1.54) is 12.7 Å². The van der Waals surface area contributed by atoms with Crippen LogP contribution in [0.4, 0.5) is 10.6 Å². The van der Waals surface area contributed by atoms with E-state index < -0.39 is 44.5 Å². The highest BCUT2D eigenvalue weighted by Gasteiger charge is 2.54. The highest BCUT2D eigenvalue weighted by molar-refractivity contribution is 7.52. The molecule has 3 unspecified atom stereocenters. The van der Waals surface area contributed by atoms with Gasteiger partial charge in [0.25, 0.3) is 0 Å². The van der Waals surface area contributed by atoms with Crippen LogP contribution in [0.5, 0.6) is 0 Å². The Bertz CT molecular complexity index is 1310. The zero-order chi connectivity index (χ0) is 26.7. The molecular weight excluding hydrogens is 517 g/mol. The van der Waals surface area contributed by atoms with E-state index in [2.05, 4.69) is 25.6 Å². The maximum Gasteiger partial charge on any atom is 0.329 e. The second kappa shape index (κ2) is 11.4. The number of ether oxygens (including phenoxy) is 3. The molecule has 2 aliphatic heterocycles. The van der Waals surface area contributed by atoms with Crippen LogP contribution in [-0.2, 0) is 29.7 Å². The zero-order valence-electron chi connectivity index (χ0n) is 20.7. The van der Waals surface area contributed by atoms with Gasteiger partial charge in [-0.25, -0.2) is 19.7 Å². The average Bonchev–Trinajstić information content (AvgIpc) is 3.58. The molecular formula is C23H30N7O7P. The van der Waals surface area contributed by atoms with Crippen LogP contribution >= 0.6 is 7.60 Å². The first-order valence-corrected chi connectivity index (χ1v) is 14.0. The third-order valence-corrected chi connectivity index (χ3v) is 7.58. The lowest BCUT2D eigenvalue weighted by Gasteiger charge is -2.22. The number of nitrogens with two attached hydrogens (primary N) is 1. The van der Waals surface area contributed by atoms with Crippen molar-refractivity contribution >= 4 is 30.6 Å². The van der Waals surface area contributed by atoms with E-state index in [-0.39, 0.29) is 25.1 Å². The summed E-state index contributed by atoms with van der Waals surface area (Å²) >= 11 is 0. The number of fused-ring (bicyclic) bond motifs is 2. The van der Waals surface area contributed by atoms with Gasteiger partial charge < -0.3 is 34.7 Å². The van der Waals surface area contributed by atoms with Crippen molar-refractivity contribution in [3.05, 3.63) is 48.5 Å². The van der Waals surface area contributed by atoms with Crippen molar-refractivity contribution in [1.82, 2.24) is 24.8 Å². The van der Waals surface area contributed by atoms with Crippen molar-refractivity contribution in [1.29, 1.82) is 0 Å². The minimum Gasteiger partial charge on any atom is -0.347 e. The first kappa shape index (κ1) is 26.6. The third-order valence-electron chi connectivity index (χ3n) is 6.20. The number of benzene rings is 1. The molecule has 0 radical (unpaired) electrons. The number of nitrogens with zero attached hydrogens (tertiary/aromatic N) is 4. The third kappa shape index (κ3) is 5.71. The second-order valence-electron chi connectivity index (χ2n) is 8.86. The molecule has 2 aliphatic rings. The molecule has 5 N–H and O–H groups in total. The van der Waals surface area contributed by atoms with Crippen molar-refractivity contribution in [2.45, 2.75) is 44.2 Å². The molecule has 2 saturated heterocycles. The molecule has 204 valence electrons. The lowest BCUT2D eigenvalue weighted by molar-refractivity contribution is -0.148. The van der Waals surface area contributed by atoms with E-state index >= 15 is 0 Å². The van der Waals surface area contributed by atoms with Gasteiger partial charge in [-0.05, 0) is 12.5 Å². The molecule has 0 aliphatic carbocycles.